The van der Waals surface area contributed by atoms with Gasteiger partial charge in [0.1, 0.15) is 0 Å². The van der Waals surface area contributed by atoms with Crippen molar-refractivity contribution < 1.29 is 23.9 Å². The predicted molar refractivity (Wildman–Crippen MR) is 114 cm³/mol. The Hall–Kier alpha value is -3.48. The predicted octanol–water partition coefficient (Wildman–Crippen LogP) is 3.10. The highest BCUT2D eigenvalue weighted by Gasteiger charge is 2.34. The second-order valence-corrected chi connectivity index (χ2v) is 7.70. The van der Waals surface area contributed by atoms with Gasteiger partial charge in [0.05, 0.1) is 17.2 Å². The van der Waals surface area contributed by atoms with E-state index in [2.05, 4.69) is 5.32 Å². The van der Waals surface area contributed by atoms with E-state index < -0.39 is 5.97 Å². The zero-order valence-electron chi connectivity index (χ0n) is 17.9. The van der Waals surface area contributed by atoms with Gasteiger partial charge in [-0.2, -0.15) is 0 Å². The lowest BCUT2D eigenvalue weighted by Gasteiger charge is -2.16. The zero-order chi connectivity index (χ0) is 22.5. The van der Waals surface area contributed by atoms with E-state index in [9.17, 15) is 19.2 Å². The van der Waals surface area contributed by atoms with Crippen LogP contribution in [0.25, 0.3) is 0 Å². The fourth-order valence-electron chi connectivity index (χ4n) is 3.44. The van der Waals surface area contributed by atoms with Gasteiger partial charge in [-0.3, -0.25) is 24.1 Å². The number of carbonyl (C=O) groups is 4. The number of carbonyl (C=O) groups excluding carboxylic acids is 4. The maximum Gasteiger partial charge on any atom is 0.306 e. The smallest absolute Gasteiger partial charge is 0.306 e. The van der Waals surface area contributed by atoms with Gasteiger partial charge in [0.15, 0.2) is 6.61 Å². The van der Waals surface area contributed by atoms with Gasteiger partial charge >= 0.3 is 5.97 Å². The lowest BCUT2D eigenvalue weighted by molar-refractivity contribution is -0.148. The molecular weight excluding hydrogens is 396 g/mol. The van der Waals surface area contributed by atoms with E-state index >= 15 is 0 Å². The average molecular weight is 422 g/mol. The van der Waals surface area contributed by atoms with Crippen LogP contribution in [0.2, 0.25) is 0 Å². The molecule has 0 spiro atoms. The van der Waals surface area contributed by atoms with Gasteiger partial charge in [-0.25, -0.2) is 0 Å². The first kappa shape index (κ1) is 22.2. The van der Waals surface area contributed by atoms with Crippen LogP contribution in [0.3, 0.4) is 0 Å². The lowest BCUT2D eigenvalue weighted by atomic mass is 10.0. The summed E-state index contributed by atoms with van der Waals surface area (Å²) in [7, 11) is 0. The van der Waals surface area contributed by atoms with Crippen LogP contribution in [0, 0.1) is 13.8 Å². The van der Waals surface area contributed by atoms with Crippen molar-refractivity contribution in [1.82, 2.24) is 10.2 Å². The highest BCUT2D eigenvalue weighted by atomic mass is 16.5. The third-order valence-electron chi connectivity index (χ3n) is 5.41. The van der Waals surface area contributed by atoms with Crippen LogP contribution in [0.5, 0.6) is 0 Å². The molecule has 0 aliphatic carbocycles. The highest BCUT2D eigenvalue weighted by molar-refractivity contribution is 6.21. The van der Waals surface area contributed by atoms with E-state index in [1.165, 1.54) is 5.56 Å². The van der Waals surface area contributed by atoms with Gasteiger partial charge < -0.3 is 10.1 Å². The van der Waals surface area contributed by atoms with Gasteiger partial charge in [0, 0.05) is 13.0 Å². The molecule has 1 aliphatic heterocycles. The summed E-state index contributed by atoms with van der Waals surface area (Å²) in [5, 5.41) is 2.81. The Morgan fingerprint density at radius 3 is 2.26 bits per heavy atom. The van der Waals surface area contributed by atoms with E-state index in [0.717, 1.165) is 16.0 Å². The number of ether oxygens (including phenoxy) is 1. The van der Waals surface area contributed by atoms with Crippen LogP contribution in [0.15, 0.2) is 42.5 Å². The number of imide groups is 1. The largest absolute Gasteiger partial charge is 0.456 e. The number of nitrogens with one attached hydrogen (secondary N) is 1. The molecule has 0 fully saturated rings. The van der Waals surface area contributed by atoms with Crippen molar-refractivity contribution in [2.24, 2.45) is 0 Å². The molecule has 7 heteroatoms. The summed E-state index contributed by atoms with van der Waals surface area (Å²) in [5.74, 6) is -1.65. The number of aryl methyl sites for hydroxylation is 2. The second-order valence-electron chi connectivity index (χ2n) is 7.70. The van der Waals surface area contributed by atoms with Crippen molar-refractivity contribution in [3.05, 3.63) is 70.3 Å². The number of esters is 1. The van der Waals surface area contributed by atoms with Crippen LogP contribution < -0.4 is 5.32 Å². The number of hydrogen-bond acceptors (Lipinski definition) is 5. The molecule has 162 valence electrons. The van der Waals surface area contributed by atoms with E-state index in [4.69, 9.17) is 4.74 Å². The maximum atomic E-state index is 12.3. The standard InChI is InChI=1S/C24H26N2O5/c1-15-10-11-18(13-16(15)2)17(3)25-21(27)14-31-22(28)9-6-12-26-23(29)19-7-4-5-8-20(19)24(26)30/h4-5,7-8,10-11,13,17H,6,9,12,14H2,1-3H3,(H,25,27)/t17-/m1/s1. The average Bonchev–Trinajstić information content (AvgIpc) is 2.99. The molecule has 3 amide bonds. The molecular formula is C24H26N2O5. The summed E-state index contributed by atoms with van der Waals surface area (Å²) < 4.78 is 5.02. The monoisotopic (exact) mass is 422 g/mol. The SMILES string of the molecule is Cc1ccc([C@@H](C)NC(=O)COC(=O)CCCN2C(=O)c3ccccc3C2=O)cc1C. The molecule has 0 unspecified atom stereocenters. The summed E-state index contributed by atoms with van der Waals surface area (Å²) in [6.07, 6.45) is 0.276. The number of nitrogens with zero attached hydrogens (tertiary/aromatic N) is 1. The van der Waals surface area contributed by atoms with Crippen LogP contribution >= 0.6 is 0 Å². The molecule has 0 aromatic heterocycles. The van der Waals surface area contributed by atoms with E-state index in [0.29, 0.717) is 11.1 Å². The Morgan fingerprint density at radius 1 is 1.00 bits per heavy atom. The van der Waals surface area contributed by atoms with Crippen LogP contribution in [-0.4, -0.2) is 41.7 Å². The number of hydrogen-bond donors (Lipinski definition) is 1. The van der Waals surface area contributed by atoms with Gasteiger partial charge in [0.2, 0.25) is 0 Å². The molecule has 0 radical (unpaired) electrons. The van der Waals surface area contributed by atoms with Crippen LogP contribution in [0.4, 0.5) is 0 Å². The number of benzene rings is 2. The van der Waals surface area contributed by atoms with E-state index in [1.807, 2.05) is 39.0 Å². The normalized spacial score (nSPS) is 13.7. The third kappa shape index (κ3) is 5.17. The molecule has 3 rings (SSSR count). The number of fused-ring (bicyclic) bond motifs is 1. The molecule has 1 N–H and O–H groups in total. The Morgan fingerprint density at radius 2 is 1.65 bits per heavy atom. The van der Waals surface area contributed by atoms with E-state index in [-0.39, 0.29) is 49.8 Å². The third-order valence-corrected chi connectivity index (χ3v) is 5.41. The number of amides is 3. The van der Waals surface area contributed by atoms with Crippen molar-refractivity contribution in [1.29, 1.82) is 0 Å². The first-order valence-corrected chi connectivity index (χ1v) is 10.2. The fraction of sp³-hybridized carbons (Fsp3) is 0.333. The highest BCUT2D eigenvalue weighted by Crippen LogP contribution is 2.22. The first-order chi connectivity index (χ1) is 14.8. The lowest BCUT2D eigenvalue weighted by Crippen LogP contribution is -2.32. The summed E-state index contributed by atoms with van der Waals surface area (Å²) in [6.45, 7) is 5.65. The van der Waals surface area contributed by atoms with Crippen molar-refractivity contribution in [2.45, 2.75) is 39.7 Å². The summed E-state index contributed by atoms with van der Waals surface area (Å²) >= 11 is 0. The minimum atomic E-state index is -0.550. The first-order valence-electron chi connectivity index (χ1n) is 10.2. The zero-order valence-corrected chi connectivity index (χ0v) is 17.9. The summed E-state index contributed by atoms with van der Waals surface area (Å²) in [4.78, 5) is 49.8. The molecule has 0 bridgehead atoms. The molecule has 0 saturated heterocycles. The molecule has 31 heavy (non-hydrogen) atoms. The number of rotatable bonds is 8. The van der Waals surface area contributed by atoms with Crippen molar-refractivity contribution in [3.8, 4) is 0 Å². The summed E-state index contributed by atoms with van der Waals surface area (Å²) in [6, 6.07) is 12.4. The molecule has 7 nitrogen and oxygen atoms in total. The molecule has 1 heterocycles. The van der Waals surface area contributed by atoms with Crippen molar-refractivity contribution in [2.75, 3.05) is 13.2 Å². The quantitative estimate of drug-likeness (QED) is 0.521. The second kappa shape index (κ2) is 9.55. The maximum absolute atomic E-state index is 12.3. The van der Waals surface area contributed by atoms with Gasteiger partial charge in [0.25, 0.3) is 17.7 Å². The minimum Gasteiger partial charge on any atom is -0.456 e. The van der Waals surface area contributed by atoms with Gasteiger partial charge in [-0.15, -0.1) is 0 Å². The van der Waals surface area contributed by atoms with Crippen LogP contribution in [-0.2, 0) is 14.3 Å². The van der Waals surface area contributed by atoms with Crippen LogP contribution in [0.1, 0.15) is 63.2 Å². The van der Waals surface area contributed by atoms with Gasteiger partial charge in [-0.05, 0) is 56.0 Å². The molecule has 1 aliphatic rings. The Labute approximate surface area is 181 Å². The molecule has 2 aromatic rings. The Balaban J connectivity index is 1.39. The Bertz CT molecular complexity index is 995. The molecule has 0 saturated carbocycles. The Kier molecular flexibility index (Phi) is 6.84. The van der Waals surface area contributed by atoms with Crippen molar-refractivity contribution >= 4 is 23.7 Å². The molecule has 1 atom stereocenters. The fourth-order valence-corrected chi connectivity index (χ4v) is 3.44. The van der Waals surface area contributed by atoms with E-state index in [1.54, 1.807) is 24.3 Å². The molecule has 2 aromatic carbocycles. The topological polar surface area (TPSA) is 92.8 Å². The summed E-state index contributed by atoms with van der Waals surface area (Å²) in [5.41, 5.74) is 4.05. The van der Waals surface area contributed by atoms with Gasteiger partial charge in [-0.1, -0.05) is 30.3 Å². The van der Waals surface area contributed by atoms with Crippen molar-refractivity contribution in [3.63, 3.8) is 0 Å². The minimum absolute atomic E-state index is 0.00734.